The lowest BCUT2D eigenvalue weighted by atomic mass is 10.1. The molecule has 0 unspecified atom stereocenters. The van der Waals surface area contributed by atoms with E-state index in [1.807, 2.05) is 4.57 Å². The molecule has 1 aliphatic heterocycles. The van der Waals surface area contributed by atoms with Crippen LogP contribution in [0.15, 0.2) is 17.8 Å². The van der Waals surface area contributed by atoms with Crippen molar-refractivity contribution in [2.75, 3.05) is 31.8 Å². The molecule has 1 aliphatic rings. The summed E-state index contributed by atoms with van der Waals surface area (Å²) in [5, 5.41) is 11.4. The minimum atomic E-state index is -3.01. The number of hydrogen-bond donors (Lipinski definition) is 1. The van der Waals surface area contributed by atoms with Gasteiger partial charge in [0.2, 0.25) is 5.91 Å². The van der Waals surface area contributed by atoms with E-state index in [-0.39, 0.29) is 28.6 Å². The number of carbonyl (C=O) groups is 1. The summed E-state index contributed by atoms with van der Waals surface area (Å²) in [6.07, 6.45) is 2.26. The van der Waals surface area contributed by atoms with Crippen molar-refractivity contribution in [1.29, 1.82) is 0 Å². The zero-order valence-electron chi connectivity index (χ0n) is 14.5. The molecule has 140 valence electrons. The van der Waals surface area contributed by atoms with Crippen LogP contribution >= 0.6 is 11.8 Å². The molecule has 1 aromatic heterocycles. The third-order valence-corrected chi connectivity index (χ3v) is 6.76. The Morgan fingerprint density at radius 2 is 2.32 bits per heavy atom. The SMILES string of the molecule is C=CCn1c(S[C@H](C)C(=O)NCCOC)nnc1[C@H]1CCS(=O)(=O)C1. The molecule has 25 heavy (non-hydrogen) atoms. The fraction of sp³-hybridized carbons (Fsp3) is 0.667. The van der Waals surface area contributed by atoms with Crippen LogP contribution in [0.25, 0.3) is 0 Å². The zero-order valence-corrected chi connectivity index (χ0v) is 16.1. The van der Waals surface area contributed by atoms with Gasteiger partial charge in [-0.05, 0) is 13.3 Å². The van der Waals surface area contributed by atoms with Gasteiger partial charge in [-0.2, -0.15) is 0 Å². The number of rotatable bonds is 9. The normalized spacial score (nSPS) is 20.3. The summed E-state index contributed by atoms with van der Waals surface area (Å²) >= 11 is 1.30. The predicted molar refractivity (Wildman–Crippen MR) is 96.4 cm³/mol. The summed E-state index contributed by atoms with van der Waals surface area (Å²) in [4.78, 5) is 12.1. The van der Waals surface area contributed by atoms with E-state index in [0.717, 1.165) is 0 Å². The third kappa shape index (κ3) is 5.29. The molecule has 0 spiro atoms. The van der Waals surface area contributed by atoms with Gasteiger partial charge in [-0.1, -0.05) is 17.8 Å². The van der Waals surface area contributed by atoms with Gasteiger partial charge in [0.1, 0.15) is 5.82 Å². The first-order valence-electron chi connectivity index (χ1n) is 8.05. The van der Waals surface area contributed by atoms with Crippen molar-refractivity contribution in [3.63, 3.8) is 0 Å². The lowest BCUT2D eigenvalue weighted by Crippen LogP contribution is -2.33. The molecule has 2 rings (SSSR count). The number of allylic oxidation sites excluding steroid dienone is 1. The summed E-state index contributed by atoms with van der Waals surface area (Å²) in [5.41, 5.74) is 0. The number of hydrogen-bond acceptors (Lipinski definition) is 7. The van der Waals surface area contributed by atoms with Crippen molar-refractivity contribution in [3.8, 4) is 0 Å². The van der Waals surface area contributed by atoms with Gasteiger partial charge >= 0.3 is 0 Å². The van der Waals surface area contributed by atoms with Crippen LogP contribution in [0.1, 0.15) is 25.1 Å². The van der Waals surface area contributed by atoms with Crippen LogP contribution in [0, 0.1) is 0 Å². The summed E-state index contributed by atoms with van der Waals surface area (Å²) in [6.45, 7) is 6.91. The van der Waals surface area contributed by atoms with Crippen LogP contribution in [0.5, 0.6) is 0 Å². The monoisotopic (exact) mass is 388 g/mol. The number of ether oxygens (including phenoxy) is 1. The van der Waals surface area contributed by atoms with Crippen LogP contribution in [-0.2, 0) is 25.9 Å². The smallest absolute Gasteiger partial charge is 0.233 e. The molecule has 1 N–H and O–H groups in total. The van der Waals surface area contributed by atoms with Crippen molar-refractivity contribution in [1.82, 2.24) is 20.1 Å². The maximum Gasteiger partial charge on any atom is 0.233 e. The van der Waals surface area contributed by atoms with Crippen molar-refractivity contribution in [2.45, 2.75) is 36.2 Å². The molecule has 1 fully saturated rings. The lowest BCUT2D eigenvalue weighted by Gasteiger charge is -2.14. The number of carbonyl (C=O) groups excluding carboxylic acids is 1. The Morgan fingerprint density at radius 3 is 2.92 bits per heavy atom. The van der Waals surface area contributed by atoms with Crippen molar-refractivity contribution in [3.05, 3.63) is 18.5 Å². The second-order valence-corrected chi connectivity index (χ2v) is 9.42. The van der Waals surface area contributed by atoms with E-state index >= 15 is 0 Å². The molecule has 0 aromatic carbocycles. The van der Waals surface area contributed by atoms with E-state index in [4.69, 9.17) is 4.74 Å². The first kappa shape index (κ1) is 19.9. The Bertz CT molecular complexity index is 717. The van der Waals surface area contributed by atoms with Crippen molar-refractivity contribution in [2.24, 2.45) is 0 Å². The van der Waals surface area contributed by atoms with Crippen LogP contribution in [-0.4, -0.2) is 66.1 Å². The molecule has 2 heterocycles. The predicted octanol–water partition coefficient (Wildman–Crippen LogP) is 0.609. The highest BCUT2D eigenvalue weighted by Gasteiger charge is 2.33. The Kier molecular flexibility index (Phi) is 7.03. The molecule has 8 nitrogen and oxygen atoms in total. The highest BCUT2D eigenvalue weighted by atomic mass is 32.2. The van der Waals surface area contributed by atoms with Gasteiger partial charge in [0.25, 0.3) is 0 Å². The fourth-order valence-electron chi connectivity index (χ4n) is 2.62. The van der Waals surface area contributed by atoms with Crippen molar-refractivity contribution < 1.29 is 17.9 Å². The molecule has 0 saturated carbocycles. The maximum atomic E-state index is 12.1. The number of methoxy groups -OCH3 is 1. The first-order valence-corrected chi connectivity index (χ1v) is 10.8. The highest BCUT2D eigenvalue weighted by molar-refractivity contribution is 8.00. The second-order valence-electron chi connectivity index (χ2n) is 5.88. The minimum Gasteiger partial charge on any atom is -0.383 e. The summed E-state index contributed by atoms with van der Waals surface area (Å²) in [6, 6.07) is 0. The average Bonchev–Trinajstić information content (AvgIpc) is 3.11. The van der Waals surface area contributed by atoms with E-state index in [2.05, 4.69) is 22.1 Å². The second kappa shape index (κ2) is 8.81. The Hall–Kier alpha value is -1.39. The largest absolute Gasteiger partial charge is 0.383 e. The van der Waals surface area contributed by atoms with Gasteiger partial charge in [-0.25, -0.2) is 8.42 Å². The van der Waals surface area contributed by atoms with Crippen LogP contribution in [0.2, 0.25) is 0 Å². The number of thioether (sulfide) groups is 1. The van der Waals surface area contributed by atoms with Gasteiger partial charge in [-0.15, -0.1) is 16.8 Å². The molecule has 2 atom stereocenters. The molecule has 1 aromatic rings. The van der Waals surface area contributed by atoms with E-state index in [0.29, 0.717) is 37.1 Å². The number of nitrogens with zero attached hydrogens (tertiary/aromatic N) is 3. The molecule has 1 saturated heterocycles. The van der Waals surface area contributed by atoms with Gasteiger partial charge in [-0.3, -0.25) is 4.79 Å². The number of sulfone groups is 1. The summed E-state index contributed by atoms with van der Waals surface area (Å²) in [5.74, 6) is 0.660. The lowest BCUT2D eigenvalue weighted by molar-refractivity contribution is -0.120. The molecular weight excluding hydrogens is 364 g/mol. The number of nitrogens with one attached hydrogen (secondary N) is 1. The Labute approximate surface area is 152 Å². The minimum absolute atomic E-state index is 0.0972. The maximum absolute atomic E-state index is 12.1. The number of aromatic nitrogens is 3. The van der Waals surface area contributed by atoms with E-state index in [9.17, 15) is 13.2 Å². The third-order valence-electron chi connectivity index (χ3n) is 3.91. The first-order chi connectivity index (χ1) is 11.9. The summed E-state index contributed by atoms with van der Waals surface area (Å²) < 4.78 is 30.2. The molecular formula is C15H24N4O4S2. The zero-order chi connectivity index (χ0) is 18.4. The Morgan fingerprint density at radius 1 is 1.56 bits per heavy atom. The number of amides is 1. The van der Waals surface area contributed by atoms with Gasteiger partial charge < -0.3 is 14.6 Å². The van der Waals surface area contributed by atoms with Crippen LogP contribution in [0.3, 0.4) is 0 Å². The van der Waals surface area contributed by atoms with E-state index in [1.165, 1.54) is 11.8 Å². The topological polar surface area (TPSA) is 103 Å². The fourth-order valence-corrected chi connectivity index (χ4v) is 5.25. The molecule has 0 radical (unpaired) electrons. The molecule has 0 aliphatic carbocycles. The van der Waals surface area contributed by atoms with Crippen LogP contribution < -0.4 is 5.32 Å². The van der Waals surface area contributed by atoms with Gasteiger partial charge in [0.05, 0.1) is 23.4 Å². The molecule has 1 amide bonds. The molecule has 10 heteroatoms. The van der Waals surface area contributed by atoms with Gasteiger partial charge in [0.15, 0.2) is 15.0 Å². The van der Waals surface area contributed by atoms with Crippen LogP contribution in [0.4, 0.5) is 0 Å². The van der Waals surface area contributed by atoms with Crippen molar-refractivity contribution >= 4 is 27.5 Å². The Balaban J connectivity index is 2.10. The highest BCUT2D eigenvalue weighted by Crippen LogP contribution is 2.31. The standard InChI is InChI=1S/C15H24N4O4S2/c1-4-7-19-13(12-5-9-25(21,22)10-12)17-18-15(19)24-11(2)14(20)16-6-8-23-3/h4,11-12H,1,5-10H2,2-3H3,(H,16,20)/t11-,12+/m1/s1. The van der Waals surface area contributed by atoms with E-state index in [1.54, 1.807) is 20.1 Å². The summed E-state index contributed by atoms with van der Waals surface area (Å²) in [7, 11) is -1.43. The average molecular weight is 389 g/mol. The molecule has 0 bridgehead atoms. The quantitative estimate of drug-likeness (QED) is 0.375. The van der Waals surface area contributed by atoms with Gasteiger partial charge in [0, 0.05) is 26.1 Å². The van der Waals surface area contributed by atoms with E-state index < -0.39 is 9.84 Å².